The lowest BCUT2D eigenvalue weighted by atomic mass is 10.1. The van der Waals surface area contributed by atoms with E-state index in [4.69, 9.17) is 9.47 Å². The van der Waals surface area contributed by atoms with Crippen LogP contribution in [0.4, 0.5) is 0 Å². The van der Waals surface area contributed by atoms with Crippen LogP contribution in [0, 0.1) is 0 Å². The summed E-state index contributed by atoms with van der Waals surface area (Å²) in [4.78, 5) is 12.2. The summed E-state index contributed by atoms with van der Waals surface area (Å²) in [6.45, 7) is 5.18. The number of unbranched alkanes of at least 4 members (excludes halogenated alkanes) is 19. The number of carbonyl (C=O) groups is 1. The van der Waals surface area contributed by atoms with Crippen molar-refractivity contribution in [3.8, 4) is 0 Å². The van der Waals surface area contributed by atoms with Crippen molar-refractivity contribution < 1.29 is 19.4 Å². The molecule has 0 heterocycles. The molecule has 0 bridgehead atoms. The van der Waals surface area contributed by atoms with Crippen molar-refractivity contribution in [2.75, 3.05) is 19.8 Å². The first-order chi connectivity index (χ1) is 28.2. The first-order valence-electron chi connectivity index (χ1n) is 23.8. The lowest BCUT2D eigenvalue weighted by Crippen LogP contribution is -2.27. The van der Waals surface area contributed by atoms with Gasteiger partial charge in [-0.1, -0.05) is 201 Å². The molecule has 0 aliphatic heterocycles. The molecular formula is C53H90O4. The topological polar surface area (TPSA) is 55.8 Å². The van der Waals surface area contributed by atoms with Crippen LogP contribution in [-0.2, 0) is 14.3 Å². The average molecular weight is 791 g/mol. The number of hydrogen-bond donors (Lipinski definition) is 1. The van der Waals surface area contributed by atoms with Crippen LogP contribution in [0.2, 0.25) is 0 Å². The fourth-order valence-corrected chi connectivity index (χ4v) is 6.36. The smallest absolute Gasteiger partial charge is 0.306 e. The fraction of sp³-hybridized carbons (Fsp3) is 0.679. The molecule has 0 aromatic rings. The molecule has 0 aliphatic carbocycles. The predicted octanol–water partition coefficient (Wildman–Crippen LogP) is 16.1. The molecule has 0 aromatic heterocycles. The van der Waals surface area contributed by atoms with Crippen molar-refractivity contribution in [2.24, 2.45) is 0 Å². The van der Waals surface area contributed by atoms with E-state index in [9.17, 15) is 9.90 Å². The Kier molecular flexibility index (Phi) is 47.1. The van der Waals surface area contributed by atoms with Crippen molar-refractivity contribution >= 4 is 5.97 Å². The Morgan fingerprint density at radius 1 is 0.439 bits per heavy atom. The van der Waals surface area contributed by atoms with Gasteiger partial charge in [0.05, 0.1) is 13.2 Å². The SMILES string of the molecule is CC/C=C\C/C=C\C/C=C\C/C=C\C/C=C\CCCCCCCC(=O)OC(CO)COCCCCCCCCCCC/C=C\C/C=C\C/C=C\CCCCCCC. The number of rotatable bonds is 43. The summed E-state index contributed by atoms with van der Waals surface area (Å²) in [6.07, 6.45) is 70.5. The maximum atomic E-state index is 12.2. The Morgan fingerprint density at radius 2 is 0.789 bits per heavy atom. The van der Waals surface area contributed by atoms with E-state index in [1.165, 1.54) is 109 Å². The van der Waals surface area contributed by atoms with Gasteiger partial charge in [-0.05, 0) is 96.3 Å². The second kappa shape index (κ2) is 49.5. The summed E-state index contributed by atoms with van der Waals surface area (Å²) >= 11 is 0. The predicted molar refractivity (Wildman–Crippen MR) is 251 cm³/mol. The highest BCUT2D eigenvalue weighted by Crippen LogP contribution is 2.12. The lowest BCUT2D eigenvalue weighted by molar-refractivity contribution is -0.154. The quantitative estimate of drug-likeness (QED) is 0.0380. The first-order valence-corrected chi connectivity index (χ1v) is 23.8. The van der Waals surface area contributed by atoms with Crippen LogP contribution >= 0.6 is 0 Å². The fourth-order valence-electron chi connectivity index (χ4n) is 6.36. The molecular weight excluding hydrogens is 701 g/mol. The molecule has 57 heavy (non-hydrogen) atoms. The molecule has 0 aliphatic rings. The number of allylic oxidation sites excluding steroid dienone is 16. The average Bonchev–Trinajstić information content (AvgIpc) is 3.22. The van der Waals surface area contributed by atoms with Crippen LogP contribution in [0.1, 0.15) is 206 Å². The van der Waals surface area contributed by atoms with Crippen LogP contribution in [0.15, 0.2) is 97.2 Å². The maximum absolute atomic E-state index is 12.2. The molecule has 0 radical (unpaired) electrons. The Balaban J connectivity index is 3.51. The van der Waals surface area contributed by atoms with Gasteiger partial charge in [0.15, 0.2) is 0 Å². The highest BCUT2D eigenvalue weighted by Gasteiger charge is 2.13. The van der Waals surface area contributed by atoms with Crippen molar-refractivity contribution in [3.05, 3.63) is 97.2 Å². The van der Waals surface area contributed by atoms with E-state index in [0.717, 1.165) is 77.0 Å². The normalized spacial score (nSPS) is 13.2. The van der Waals surface area contributed by atoms with E-state index in [0.29, 0.717) is 13.0 Å². The number of esters is 1. The first kappa shape index (κ1) is 54.3. The van der Waals surface area contributed by atoms with Gasteiger partial charge in [0.2, 0.25) is 0 Å². The molecule has 0 spiro atoms. The van der Waals surface area contributed by atoms with Gasteiger partial charge in [-0.2, -0.15) is 0 Å². The van der Waals surface area contributed by atoms with Gasteiger partial charge in [-0.3, -0.25) is 4.79 Å². The van der Waals surface area contributed by atoms with Crippen LogP contribution in [-0.4, -0.2) is 37.0 Å². The third-order valence-corrected chi connectivity index (χ3v) is 9.89. The molecule has 4 heteroatoms. The van der Waals surface area contributed by atoms with Gasteiger partial charge in [-0.15, -0.1) is 0 Å². The minimum atomic E-state index is -0.555. The van der Waals surface area contributed by atoms with Gasteiger partial charge in [0.25, 0.3) is 0 Å². The molecule has 1 N–H and O–H groups in total. The molecule has 1 unspecified atom stereocenters. The van der Waals surface area contributed by atoms with E-state index in [1.54, 1.807) is 0 Å². The van der Waals surface area contributed by atoms with Gasteiger partial charge in [0.1, 0.15) is 6.10 Å². The molecule has 0 aromatic carbocycles. The second-order valence-corrected chi connectivity index (χ2v) is 15.4. The van der Waals surface area contributed by atoms with E-state index < -0.39 is 6.10 Å². The number of aliphatic hydroxyl groups excluding tert-OH is 1. The number of ether oxygens (including phenoxy) is 2. The largest absolute Gasteiger partial charge is 0.457 e. The summed E-state index contributed by atoms with van der Waals surface area (Å²) < 4.78 is 11.2. The van der Waals surface area contributed by atoms with Gasteiger partial charge in [-0.25, -0.2) is 0 Å². The van der Waals surface area contributed by atoms with E-state index in [2.05, 4.69) is 111 Å². The molecule has 0 saturated carbocycles. The maximum Gasteiger partial charge on any atom is 0.306 e. The molecule has 1 atom stereocenters. The summed E-state index contributed by atoms with van der Waals surface area (Å²) in [7, 11) is 0. The Morgan fingerprint density at radius 3 is 1.19 bits per heavy atom. The summed E-state index contributed by atoms with van der Waals surface area (Å²) in [6, 6.07) is 0. The minimum absolute atomic E-state index is 0.188. The van der Waals surface area contributed by atoms with Crippen molar-refractivity contribution in [1.29, 1.82) is 0 Å². The molecule has 0 amide bonds. The second-order valence-electron chi connectivity index (χ2n) is 15.4. The molecule has 0 rings (SSSR count). The summed E-state index contributed by atoms with van der Waals surface area (Å²) in [5.41, 5.74) is 0. The zero-order valence-electron chi connectivity index (χ0n) is 37.3. The Bertz CT molecular complexity index is 1060. The van der Waals surface area contributed by atoms with Crippen molar-refractivity contribution in [1.82, 2.24) is 0 Å². The van der Waals surface area contributed by atoms with Crippen molar-refractivity contribution in [3.63, 3.8) is 0 Å². The number of aliphatic hydroxyl groups is 1. The van der Waals surface area contributed by atoms with E-state index >= 15 is 0 Å². The highest BCUT2D eigenvalue weighted by molar-refractivity contribution is 5.69. The van der Waals surface area contributed by atoms with Gasteiger partial charge in [0, 0.05) is 13.0 Å². The zero-order chi connectivity index (χ0) is 41.2. The third kappa shape index (κ3) is 47.6. The molecule has 0 saturated heterocycles. The van der Waals surface area contributed by atoms with Crippen molar-refractivity contribution in [2.45, 2.75) is 213 Å². The third-order valence-electron chi connectivity index (χ3n) is 9.89. The van der Waals surface area contributed by atoms with E-state index in [1.807, 2.05) is 0 Å². The lowest BCUT2D eigenvalue weighted by Gasteiger charge is -2.15. The summed E-state index contributed by atoms with van der Waals surface area (Å²) in [5.74, 6) is -0.224. The van der Waals surface area contributed by atoms with Crippen LogP contribution in [0.25, 0.3) is 0 Å². The molecule has 4 nitrogen and oxygen atoms in total. The monoisotopic (exact) mass is 791 g/mol. The standard InChI is InChI=1S/C53H90O4/c1-3-5-7-9-11-13-15-17-19-21-23-25-26-27-29-31-33-35-37-39-41-43-45-47-49-56-51-52(50-54)57-53(55)48-46-44-42-40-38-36-34-32-30-28-24-22-20-18-16-14-12-10-8-6-4-2/h6,8,12,14-15,17-18,20-21,23-24,26-28,32,34,52,54H,3-5,7,9-11,13,16,19,22,25,29-31,33,35-51H2,1-2H3/b8-6-,14-12-,17-15-,20-18-,23-21-,27-26-,28-24-,34-32-. The van der Waals surface area contributed by atoms with Crippen LogP contribution in [0.5, 0.6) is 0 Å². The number of carbonyl (C=O) groups excluding carboxylic acids is 1. The van der Waals surface area contributed by atoms with Crippen LogP contribution < -0.4 is 0 Å². The molecule has 0 fully saturated rings. The number of hydrogen-bond acceptors (Lipinski definition) is 4. The minimum Gasteiger partial charge on any atom is -0.457 e. The Labute approximate surface area is 353 Å². The van der Waals surface area contributed by atoms with Gasteiger partial charge >= 0.3 is 5.97 Å². The molecule has 326 valence electrons. The Hall–Kier alpha value is -2.69. The summed E-state index contributed by atoms with van der Waals surface area (Å²) in [5, 5.41) is 9.63. The highest BCUT2D eigenvalue weighted by atomic mass is 16.6. The van der Waals surface area contributed by atoms with Gasteiger partial charge < -0.3 is 14.6 Å². The van der Waals surface area contributed by atoms with Crippen LogP contribution in [0.3, 0.4) is 0 Å². The zero-order valence-corrected chi connectivity index (χ0v) is 37.3. The van der Waals surface area contributed by atoms with E-state index in [-0.39, 0.29) is 19.2 Å².